The van der Waals surface area contributed by atoms with Gasteiger partial charge in [-0.1, -0.05) is 18.2 Å². The number of ether oxygens (including phenoxy) is 1. The van der Waals surface area contributed by atoms with Gasteiger partial charge in [-0.05, 0) is 43.0 Å². The second-order valence-electron chi connectivity index (χ2n) is 8.31. The first kappa shape index (κ1) is 24.9. The van der Waals surface area contributed by atoms with Crippen molar-refractivity contribution in [2.45, 2.75) is 19.9 Å². The van der Waals surface area contributed by atoms with E-state index in [4.69, 9.17) is 4.74 Å². The summed E-state index contributed by atoms with van der Waals surface area (Å²) in [5, 5.41) is 4.73. The van der Waals surface area contributed by atoms with E-state index in [0.717, 1.165) is 0 Å². The van der Waals surface area contributed by atoms with E-state index >= 15 is 0 Å². The molecule has 2 aliphatic rings. The number of thiophene rings is 1. The third-order valence-electron chi connectivity index (χ3n) is 6.20. The summed E-state index contributed by atoms with van der Waals surface area (Å²) in [6.07, 6.45) is 0. The molecule has 2 aromatic rings. The lowest BCUT2D eigenvalue weighted by atomic mass is 9.94. The minimum Gasteiger partial charge on any atom is -0.463 e. The van der Waals surface area contributed by atoms with Crippen molar-refractivity contribution in [2.24, 2.45) is 0 Å². The molecule has 1 aromatic carbocycles. The average Bonchev–Trinajstić information content (AvgIpc) is 3.39. The summed E-state index contributed by atoms with van der Waals surface area (Å²) < 4.78 is 19.4. The van der Waals surface area contributed by atoms with Gasteiger partial charge in [0.05, 0.1) is 23.1 Å². The third kappa shape index (κ3) is 5.38. The summed E-state index contributed by atoms with van der Waals surface area (Å²) in [7, 11) is 0. The molecular weight excluding hydrogens is 471 g/mol. The van der Waals surface area contributed by atoms with Crippen molar-refractivity contribution in [1.29, 1.82) is 0 Å². The first-order valence-corrected chi connectivity index (χ1v) is 12.6. The predicted octanol–water partition coefficient (Wildman–Crippen LogP) is 3.25. The fourth-order valence-corrected chi connectivity index (χ4v) is 5.16. The Hall–Kier alpha value is -3.24. The lowest BCUT2D eigenvalue weighted by molar-refractivity contribution is -0.139. The van der Waals surface area contributed by atoms with Gasteiger partial charge in [0.15, 0.2) is 0 Å². The second-order valence-corrected chi connectivity index (χ2v) is 9.26. The van der Waals surface area contributed by atoms with Gasteiger partial charge in [-0.25, -0.2) is 14.0 Å². The molecule has 0 spiro atoms. The Bertz CT molecular complexity index is 1110. The number of benzene rings is 1. The van der Waals surface area contributed by atoms with E-state index in [-0.39, 0.29) is 18.5 Å². The maximum Gasteiger partial charge on any atom is 0.338 e. The summed E-state index contributed by atoms with van der Waals surface area (Å²) in [5.41, 5.74) is 1.32. The predicted molar refractivity (Wildman–Crippen MR) is 130 cm³/mol. The van der Waals surface area contributed by atoms with Crippen LogP contribution in [0.4, 0.5) is 9.18 Å². The minimum absolute atomic E-state index is 0.0180. The van der Waals surface area contributed by atoms with Gasteiger partial charge in [0, 0.05) is 45.0 Å². The summed E-state index contributed by atoms with van der Waals surface area (Å²) >= 11 is 1.42. The molecular formula is C25H29FN4O4S. The van der Waals surface area contributed by atoms with Gasteiger partial charge in [-0.3, -0.25) is 14.6 Å². The number of carbonyl (C=O) groups excluding carboxylic acids is 3. The van der Waals surface area contributed by atoms with Gasteiger partial charge in [0.1, 0.15) is 5.82 Å². The van der Waals surface area contributed by atoms with Crippen molar-refractivity contribution in [2.75, 3.05) is 45.9 Å². The van der Waals surface area contributed by atoms with Crippen LogP contribution in [0.5, 0.6) is 0 Å². The number of hydrogen-bond donors (Lipinski definition) is 1. The van der Waals surface area contributed by atoms with Crippen LogP contribution in [-0.4, -0.2) is 78.5 Å². The summed E-state index contributed by atoms with van der Waals surface area (Å²) in [6, 6.07) is 8.38. The number of nitrogens with zero attached hydrogens (tertiary/aromatic N) is 3. The number of amides is 3. The number of nitrogens with one attached hydrogen (secondary N) is 1. The highest BCUT2D eigenvalue weighted by Crippen LogP contribution is 2.32. The van der Waals surface area contributed by atoms with Gasteiger partial charge in [-0.15, -0.1) is 11.3 Å². The topological polar surface area (TPSA) is 82.2 Å². The van der Waals surface area contributed by atoms with Crippen molar-refractivity contribution in [3.05, 3.63) is 69.3 Å². The monoisotopic (exact) mass is 500 g/mol. The van der Waals surface area contributed by atoms with E-state index in [1.165, 1.54) is 28.4 Å². The molecule has 1 fully saturated rings. The van der Waals surface area contributed by atoms with Crippen molar-refractivity contribution in [1.82, 2.24) is 20.0 Å². The molecule has 0 radical (unpaired) electrons. The molecule has 8 nitrogen and oxygen atoms in total. The van der Waals surface area contributed by atoms with Crippen LogP contribution < -0.4 is 5.32 Å². The molecule has 0 aliphatic carbocycles. The van der Waals surface area contributed by atoms with E-state index in [0.29, 0.717) is 61.0 Å². The van der Waals surface area contributed by atoms with E-state index < -0.39 is 17.8 Å². The van der Waals surface area contributed by atoms with E-state index in [2.05, 4.69) is 10.2 Å². The average molecular weight is 501 g/mol. The molecule has 4 rings (SSSR count). The normalized spacial score (nSPS) is 19.1. The molecule has 186 valence electrons. The molecule has 1 aromatic heterocycles. The summed E-state index contributed by atoms with van der Waals surface area (Å²) in [6.45, 7) is 6.71. The Morgan fingerprint density at radius 3 is 2.54 bits per heavy atom. The van der Waals surface area contributed by atoms with Gasteiger partial charge in [-0.2, -0.15) is 0 Å². The SMILES string of the molecule is CCOC(=O)C1=C(CN2CCN(C(=O)c3cccs3)CC2)N(CC)C(=O)NC1c1cccc(F)c1. The molecule has 0 saturated carbocycles. The highest BCUT2D eigenvalue weighted by molar-refractivity contribution is 7.12. The smallest absolute Gasteiger partial charge is 0.338 e. The number of urea groups is 1. The molecule has 1 saturated heterocycles. The van der Waals surface area contributed by atoms with Crippen LogP contribution in [0, 0.1) is 5.82 Å². The molecule has 0 bridgehead atoms. The Kier molecular flexibility index (Phi) is 7.82. The lowest BCUT2D eigenvalue weighted by Crippen LogP contribution is -2.53. The van der Waals surface area contributed by atoms with Crippen LogP contribution >= 0.6 is 11.3 Å². The molecule has 35 heavy (non-hydrogen) atoms. The Labute approximate surface area is 207 Å². The number of hydrogen-bond acceptors (Lipinski definition) is 6. The van der Waals surface area contributed by atoms with E-state index in [9.17, 15) is 18.8 Å². The Balaban J connectivity index is 1.61. The van der Waals surface area contributed by atoms with E-state index in [1.54, 1.807) is 19.1 Å². The number of halogens is 1. The van der Waals surface area contributed by atoms with E-state index in [1.807, 2.05) is 29.3 Å². The molecule has 1 atom stereocenters. The third-order valence-corrected chi connectivity index (χ3v) is 7.05. The summed E-state index contributed by atoms with van der Waals surface area (Å²) in [4.78, 5) is 45.0. The molecule has 10 heteroatoms. The number of likely N-dealkylation sites (N-methyl/N-ethyl adjacent to an activating group) is 1. The first-order valence-electron chi connectivity index (χ1n) is 11.7. The largest absolute Gasteiger partial charge is 0.463 e. The Morgan fingerprint density at radius 1 is 1.14 bits per heavy atom. The standard InChI is InChI=1S/C25H29FN4O4S/c1-3-30-19(16-28-10-12-29(13-11-28)23(31)20-9-6-14-35-20)21(24(32)34-4-2)22(27-25(30)33)17-7-5-8-18(26)15-17/h5-9,14-15,22H,3-4,10-13,16H2,1-2H3,(H,27,33). The fourth-order valence-electron chi connectivity index (χ4n) is 4.47. The minimum atomic E-state index is -0.822. The van der Waals surface area contributed by atoms with Gasteiger partial charge in [0.2, 0.25) is 0 Å². The van der Waals surface area contributed by atoms with Crippen LogP contribution in [0.2, 0.25) is 0 Å². The molecule has 1 unspecified atom stereocenters. The first-order chi connectivity index (χ1) is 16.9. The number of piperazine rings is 1. The summed E-state index contributed by atoms with van der Waals surface area (Å²) in [5.74, 6) is -0.975. The highest BCUT2D eigenvalue weighted by Gasteiger charge is 2.38. The number of carbonyl (C=O) groups is 3. The zero-order chi connectivity index (χ0) is 24.9. The van der Waals surface area contributed by atoms with Crippen molar-refractivity contribution >= 4 is 29.2 Å². The van der Waals surface area contributed by atoms with Crippen LogP contribution in [0.15, 0.2) is 53.0 Å². The maximum atomic E-state index is 14.0. The molecule has 2 aliphatic heterocycles. The zero-order valence-corrected chi connectivity index (χ0v) is 20.6. The van der Waals surface area contributed by atoms with Gasteiger partial charge < -0.3 is 15.0 Å². The van der Waals surface area contributed by atoms with Crippen LogP contribution in [0.3, 0.4) is 0 Å². The van der Waals surface area contributed by atoms with Crippen LogP contribution in [0.25, 0.3) is 0 Å². The molecule has 3 heterocycles. The highest BCUT2D eigenvalue weighted by atomic mass is 32.1. The van der Waals surface area contributed by atoms with Crippen molar-refractivity contribution in [3.63, 3.8) is 0 Å². The quantitative estimate of drug-likeness (QED) is 0.591. The zero-order valence-electron chi connectivity index (χ0n) is 19.8. The maximum absolute atomic E-state index is 14.0. The number of esters is 1. The van der Waals surface area contributed by atoms with Crippen molar-refractivity contribution in [3.8, 4) is 0 Å². The molecule has 3 amide bonds. The van der Waals surface area contributed by atoms with Crippen molar-refractivity contribution < 1.29 is 23.5 Å². The second kappa shape index (κ2) is 11.0. The fraction of sp³-hybridized carbons (Fsp3) is 0.400. The van der Waals surface area contributed by atoms with Gasteiger partial charge >= 0.3 is 12.0 Å². The molecule has 1 N–H and O–H groups in total. The lowest BCUT2D eigenvalue weighted by Gasteiger charge is -2.40. The van der Waals surface area contributed by atoms with Crippen LogP contribution in [0.1, 0.15) is 35.1 Å². The van der Waals surface area contributed by atoms with Gasteiger partial charge in [0.25, 0.3) is 5.91 Å². The Morgan fingerprint density at radius 2 is 1.91 bits per heavy atom. The van der Waals surface area contributed by atoms with Crippen LogP contribution in [-0.2, 0) is 9.53 Å². The number of rotatable bonds is 7.